The highest BCUT2D eigenvalue weighted by Crippen LogP contribution is 2.45. The van der Waals surface area contributed by atoms with Crippen molar-refractivity contribution in [3.05, 3.63) is 72.1 Å². The van der Waals surface area contributed by atoms with Gasteiger partial charge in [-0.25, -0.2) is 9.48 Å². The first-order valence-corrected chi connectivity index (χ1v) is 18.9. The third-order valence-electron chi connectivity index (χ3n) is 9.51. The van der Waals surface area contributed by atoms with Gasteiger partial charge in [-0.15, -0.1) is 0 Å². The number of benzene rings is 2. The van der Waals surface area contributed by atoms with Gasteiger partial charge in [0.2, 0.25) is 11.2 Å². The van der Waals surface area contributed by atoms with E-state index in [4.69, 9.17) is 35.0 Å². The standard InChI is InChI=1S/C35H42ClN5O6Si/c1-34(2,3)48(23-16-8-6-9-17-23,24-18-10-7-11-19-24)43-21-26-27-28(47-35(4,5)46-27)31(44-26)41-29-25(20-37-41)30(40-32(36)39-29)45-33(42)38-22-14-12-13-15-22/h6-11,16-20,22,26-28,31H,12-15,21H2,1-5H3,(H,38,42)/t26-,27-,28-,31-/m1/s1. The second-order valence-electron chi connectivity index (χ2n) is 14.2. The van der Waals surface area contributed by atoms with E-state index in [9.17, 15) is 4.79 Å². The molecule has 4 aromatic rings. The van der Waals surface area contributed by atoms with Gasteiger partial charge in [0.05, 0.1) is 12.8 Å². The lowest BCUT2D eigenvalue weighted by Gasteiger charge is -2.43. The minimum atomic E-state index is -2.86. The predicted molar refractivity (Wildman–Crippen MR) is 183 cm³/mol. The molecule has 2 aromatic carbocycles. The third kappa shape index (κ3) is 6.14. The first-order chi connectivity index (χ1) is 22.9. The van der Waals surface area contributed by atoms with Gasteiger partial charge < -0.3 is 28.7 Å². The lowest BCUT2D eigenvalue weighted by molar-refractivity contribution is -0.200. The maximum Gasteiger partial charge on any atom is 0.414 e. The van der Waals surface area contributed by atoms with E-state index in [0.29, 0.717) is 11.0 Å². The number of nitrogens with zero attached hydrogens (tertiary/aromatic N) is 4. The van der Waals surface area contributed by atoms with Crippen LogP contribution in [0.3, 0.4) is 0 Å². The van der Waals surface area contributed by atoms with E-state index < -0.39 is 44.7 Å². The van der Waals surface area contributed by atoms with Crippen LogP contribution in [0.1, 0.15) is 66.5 Å². The van der Waals surface area contributed by atoms with Crippen molar-refractivity contribution in [3.8, 4) is 5.88 Å². The highest BCUT2D eigenvalue weighted by atomic mass is 35.5. The van der Waals surface area contributed by atoms with Crippen LogP contribution in [-0.2, 0) is 18.6 Å². The predicted octanol–water partition coefficient (Wildman–Crippen LogP) is 5.50. The summed E-state index contributed by atoms with van der Waals surface area (Å²) in [5, 5.41) is 10.0. The summed E-state index contributed by atoms with van der Waals surface area (Å²) in [5.41, 5.74) is 0.351. The summed E-state index contributed by atoms with van der Waals surface area (Å²) in [6.07, 6.45) is 2.78. The molecule has 254 valence electrons. The van der Waals surface area contributed by atoms with Gasteiger partial charge >= 0.3 is 6.09 Å². The van der Waals surface area contributed by atoms with E-state index in [1.807, 2.05) is 26.0 Å². The average molecular weight is 692 g/mol. The Balaban J connectivity index is 1.20. The van der Waals surface area contributed by atoms with Gasteiger partial charge in [0.25, 0.3) is 8.32 Å². The van der Waals surface area contributed by atoms with E-state index in [1.165, 1.54) is 10.4 Å². The molecule has 4 heterocycles. The van der Waals surface area contributed by atoms with Crippen molar-refractivity contribution in [1.82, 2.24) is 25.1 Å². The number of rotatable bonds is 8. The van der Waals surface area contributed by atoms with Crippen molar-refractivity contribution in [3.63, 3.8) is 0 Å². The van der Waals surface area contributed by atoms with E-state index in [0.717, 1.165) is 25.7 Å². The first-order valence-electron chi connectivity index (χ1n) is 16.6. The number of fused-ring (bicyclic) bond motifs is 2. The summed E-state index contributed by atoms with van der Waals surface area (Å²) in [6, 6.07) is 21.1. The number of hydrogen-bond donors (Lipinski definition) is 1. The SMILES string of the molecule is CC1(C)O[C@@H]2[C@H](O1)[C@@H](CO[Si](c1ccccc1)(c1ccccc1)C(C)(C)C)O[C@H]2n1ncc2c(OC(=O)NC3CCCC3)nc(Cl)nc21. The van der Waals surface area contributed by atoms with Crippen molar-refractivity contribution in [1.29, 1.82) is 0 Å². The second-order valence-corrected chi connectivity index (χ2v) is 18.9. The van der Waals surface area contributed by atoms with Crippen molar-refractivity contribution >= 4 is 47.4 Å². The van der Waals surface area contributed by atoms with Crippen LogP contribution in [0, 0.1) is 0 Å². The fourth-order valence-corrected chi connectivity index (χ4v) is 12.2. The fraction of sp³-hybridized carbons (Fsp3) is 0.486. The minimum absolute atomic E-state index is 0.0248. The number of halogens is 1. The molecule has 7 rings (SSSR count). The van der Waals surface area contributed by atoms with E-state index in [1.54, 1.807) is 10.9 Å². The molecule has 1 amide bonds. The van der Waals surface area contributed by atoms with Gasteiger partial charge in [-0.2, -0.15) is 15.1 Å². The Labute approximate surface area is 286 Å². The van der Waals surface area contributed by atoms with Crippen LogP contribution >= 0.6 is 11.6 Å². The largest absolute Gasteiger partial charge is 0.414 e. The van der Waals surface area contributed by atoms with Gasteiger partial charge in [0.1, 0.15) is 23.7 Å². The molecule has 1 aliphatic carbocycles. The highest BCUT2D eigenvalue weighted by molar-refractivity contribution is 6.99. The Bertz CT molecular complexity index is 1720. The third-order valence-corrected chi connectivity index (χ3v) is 14.7. The Morgan fingerprint density at radius 1 is 1.00 bits per heavy atom. The fourth-order valence-electron chi connectivity index (χ4n) is 7.45. The van der Waals surface area contributed by atoms with E-state index in [-0.39, 0.29) is 28.9 Å². The Kier molecular flexibility index (Phi) is 8.84. The van der Waals surface area contributed by atoms with Crippen molar-refractivity contribution in [2.45, 2.75) is 102 Å². The van der Waals surface area contributed by atoms with Crippen LogP contribution in [0.2, 0.25) is 10.3 Å². The van der Waals surface area contributed by atoms with E-state index in [2.05, 4.69) is 89.7 Å². The highest BCUT2D eigenvalue weighted by Gasteiger charge is 2.58. The summed E-state index contributed by atoms with van der Waals surface area (Å²) in [7, 11) is -2.86. The molecule has 3 aliphatic rings. The zero-order valence-electron chi connectivity index (χ0n) is 27.9. The Morgan fingerprint density at radius 2 is 1.62 bits per heavy atom. The number of amides is 1. The molecule has 11 nitrogen and oxygen atoms in total. The van der Waals surface area contributed by atoms with Crippen LogP contribution in [0.25, 0.3) is 11.0 Å². The average Bonchev–Trinajstić information content (AvgIpc) is 3.83. The number of hydrogen-bond acceptors (Lipinski definition) is 9. The van der Waals surface area contributed by atoms with Crippen LogP contribution in [0.4, 0.5) is 4.79 Å². The molecule has 2 saturated heterocycles. The topological polar surface area (TPSA) is 119 Å². The number of aromatic nitrogens is 4. The van der Waals surface area contributed by atoms with Crippen LogP contribution in [0.15, 0.2) is 66.9 Å². The monoisotopic (exact) mass is 691 g/mol. The van der Waals surface area contributed by atoms with Crippen LogP contribution in [-0.4, -0.2) is 70.9 Å². The normalized spacial score (nSPS) is 24.2. The number of ether oxygens (including phenoxy) is 4. The minimum Gasteiger partial charge on any atom is -0.405 e. The second kappa shape index (κ2) is 12.8. The molecule has 2 aromatic heterocycles. The molecule has 13 heteroatoms. The molecule has 48 heavy (non-hydrogen) atoms. The molecule has 0 radical (unpaired) electrons. The molecule has 1 saturated carbocycles. The number of carbonyl (C=O) groups excluding carboxylic acids is 1. The van der Waals surface area contributed by atoms with Gasteiger partial charge in [-0.3, -0.25) is 0 Å². The zero-order chi connectivity index (χ0) is 33.7. The lowest BCUT2D eigenvalue weighted by atomic mass is 10.1. The molecule has 3 fully saturated rings. The number of nitrogens with one attached hydrogen (secondary N) is 1. The first kappa shape index (κ1) is 33.1. The quantitative estimate of drug-likeness (QED) is 0.189. The molecule has 1 N–H and O–H groups in total. The van der Waals surface area contributed by atoms with Crippen molar-refractivity contribution < 1.29 is 28.2 Å². The summed E-state index contributed by atoms with van der Waals surface area (Å²) < 4.78 is 34.1. The summed E-state index contributed by atoms with van der Waals surface area (Å²) in [6.45, 7) is 10.8. The molecular weight excluding hydrogens is 650 g/mol. The molecule has 0 bridgehead atoms. The van der Waals surface area contributed by atoms with Gasteiger partial charge in [-0.05, 0) is 53.7 Å². The smallest absolute Gasteiger partial charge is 0.405 e. The summed E-state index contributed by atoms with van der Waals surface area (Å²) in [5.74, 6) is -0.841. The zero-order valence-corrected chi connectivity index (χ0v) is 29.6. The lowest BCUT2D eigenvalue weighted by Crippen LogP contribution is -2.67. The molecule has 2 aliphatic heterocycles. The van der Waals surface area contributed by atoms with Crippen molar-refractivity contribution in [2.75, 3.05) is 6.61 Å². The van der Waals surface area contributed by atoms with Gasteiger partial charge in [0, 0.05) is 6.04 Å². The maximum atomic E-state index is 12.7. The molecule has 0 spiro atoms. The van der Waals surface area contributed by atoms with Crippen LogP contribution < -0.4 is 20.4 Å². The van der Waals surface area contributed by atoms with Gasteiger partial charge in [0.15, 0.2) is 17.7 Å². The Morgan fingerprint density at radius 3 is 2.25 bits per heavy atom. The Hall–Kier alpha value is -3.39. The summed E-state index contributed by atoms with van der Waals surface area (Å²) >= 11 is 6.37. The van der Waals surface area contributed by atoms with Crippen molar-refractivity contribution in [2.24, 2.45) is 0 Å². The van der Waals surface area contributed by atoms with E-state index >= 15 is 0 Å². The maximum absolute atomic E-state index is 12.7. The number of carbonyl (C=O) groups is 1. The molecule has 4 atom stereocenters. The molecular formula is C35H42ClN5O6Si. The van der Waals surface area contributed by atoms with Crippen LogP contribution in [0.5, 0.6) is 5.88 Å². The van der Waals surface area contributed by atoms with Gasteiger partial charge in [-0.1, -0.05) is 94.3 Å². The summed E-state index contributed by atoms with van der Waals surface area (Å²) in [4.78, 5) is 21.4. The molecule has 0 unspecified atom stereocenters.